The molecule has 0 aliphatic heterocycles. The van der Waals surface area contributed by atoms with Crippen molar-refractivity contribution in [2.75, 3.05) is 6.54 Å². The van der Waals surface area contributed by atoms with Crippen molar-refractivity contribution in [2.24, 2.45) is 18.9 Å². The number of nitrogens with one attached hydrogen (secondary N) is 1. The van der Waals surface area contributed by atoms with Gasteiger partial charge in [-0.15, -0.1) is 0 Å². The quantitative estimate of drug-likeness (QED) is 0.795. The smallest absolute Gasteiger partial charge is 0.122 e. The van der Waals surface area contributed by atoms with Crippen LogP contribution in [0.5, 0.6) is 0 Å². The lowest BCUT2D eigenvalue weighted by Crippen LogP contribution is -2.21. The van der Waals surface area contributed by atoms with E-state index in [0.29, 0.717) is 0 Å². The fourth-order valence-corrected chi connectivity index (χ4v) is 2.69. The van der Waals surface area contributed by atoms with Crippen molar-refractivity contribution in [1.82, 2.24) is 14.9 Å². The summed E-state index contributed by atoms with van der Waals surface area (Å²) in [6.07, 6.45) is 10.9. The molecule has 1 N–H and O–H groups in total. The summed E-state index contributed by atoms with van der Waals surface area (Å²) in [6.45, 7) is 4.41. The summed E-state index contributed by atoms with van der Waals surface area (Å²) in [6, 6.07) is 0. The minimum atomic E-state index is 0.895. The molecule has 2 rings (SSSR count). The van der Waals surface area contributed by atoms with Crippen LogP contribution in [-0.4, -0.2) is 16.1 Å². The Kier molecular flexibility index (Phi) is 4.60. The molecule has 0 atom stereocenters. The lowest BCUT2D eigenvalue weighted by atomic mass is 9.81. The summed E-state index contributed by atoms with van der Waals surface area (Å²) >= 11 is 0. The van der Waals surface area contributed by atoms with Crippen LogP contribution in [0.2, 0.25) is 0 Å². The van der Waals surface area contributed by atoms with Crippen molar-refractivity contribution in [3.05, 3.63) is 18.2 Å². The van der Waals surface area contributed by atoms with Gasteiger partial charge in [0.25, 0.3) is 0 Å². The Bertz CT molecular complexity index is 324. The van der Waals surface area contributed by atoms with Crippen molar-refractivity contribution in [1.29, 1.82) is 0 Å². The topological polar surface area (TPSA) is 29.9 Å². The highest BCUT2D eigenvalue weighted by molar-refractivity contribution is 4.90. The van der Waals surface area contributed by atoms with Crippen LogP contribution in [-0.2, 0) is 13.6 Å². The Labute approximate surface area is 105 Å². The summed E-state index contributed by atoms with van der Waals surface area (Å²) in [5, 5.41) is 3.50. The van der Waals surface area contributed by atoms with E-state index in [-0.39, 0.29) is 0 Å². The van der Waals surface area contributed by atoms with Crippen molar-refractivity contribution in [2.45, 2.75) is 45.6 Å². The molecule has 0 bridgehead atoms. The lowest BCUT2D eigenvalue weighted by molar-refractivity contribution is 0.275. The van der Waals surface area contributed by atoms with E-state index in [2.05, 4.69) is 21.8 Å². The van der Waals surface area contributed by atoms with E-state index < -0.39 is 0 Å². The molecule has 0 amide bonds. The van der Waals surface area contributed by atoms with E-state index in [4.69, 9.17) is 0 Å². The molecule has 0 spiro atoms. The summed E-state index contributed by atoms with van der Waals surface area (Å²) in [4.78, 5) is 4.31. The normalized spacial score (nSPS) is 25.1. The predicted octanol–water partition coefficient (Wildman–Crippen LogP) is 2.73. The maximum absolute atomic E-state index is 4.31. The minimum absolute atomic E-state index is 0.895. The Balaban J connectivity index is 1.59. The minimum Gasteiger partial charge on any atom is -0.337 e. The molecule has 1 fully saturated rings. The first-order chi connectivity index (χ1) is 8.25. The fourth-order valence-electron chi connectivity index (χ4n) is 2.69. The fraction of sp³-hybridized carbons (Fsp3) is 0.786. The van der Waals surface area contributed by atoms with Crippen LogP contribution in [0, 0.1) is 11.8 Å². The third kappa shape index (κ3) is 3.84. The molecule has 0 aromatic carbocycles. The number of nitrogens with zero attached hydrogens (tertiary/aromatic N) is 2. The van der Waals surface area contributed by atoms with Gasteiger partial charge in [0.2, 0.25) is 0 Å². The highest BCUT2D eigenvalue weighted by Crippen LogP contribution is 2.29. The van der Waals surface area contributed by atoms with E-state index in [1.165, 1.54) is 32.1 Å². The SMILES string of the molecule is CC1CCC(CCNCc2nccn2C)CC1. The first-order valence-electron chi connectivity index (χ1n) is 6.92. The van der Waals surface area contributed by atoms with Crippen molar-refractivity contribution >= 4 is 0 Å². The molecule has 1 aromatic rings. The van der Waals surface area contributed by atoms with Crippen LogP contribution in [0.4, 0.5) is 0 Å². The lowest BCUT2D eigenvalue weighted by Gasteiger charge is -2.26. The van der Waals surface area contributed by atoms with Crippen LogP contribution in [0.15, 0.2) is 12.4 Å². The first-order valence-corrected chi connectivity index (χ1v) is 6.92. The number of rotatable bonds is 5. The maximum atomic E-state index is 4.31. The Morgan fingerprint density at radius 3 is 2.76 bits per heavy atom. The Hall–Kier alpha value is -0.830. The zero-order valence-electron chi connectivity index (χ0n) is 11.2. The van der Waals surface area contributed by atoms with Gasteiger partial charge in [-0.05, 0) is 24.8 Å². The molecular formula is C14H25N3. The molecular weight excluding hydrogens is 210 g/mol. The molecule has 96 valence electrons. The summed E-state index contributed by atoms with van der Waals surface area (Å²) < 4.78 is 2.08. The van der Waals surface area contributed by atoms with Crippen molar-refractivity contribution < 1.29 is 0 Å². The van der Waals surface area contributed by atoms with Gasteiger partial charge in [-0.2, -0.15) is 0 Å². The average Bonchev–Trinajstić information content (AvgIpc) is 2.73. The maximum Gasteiger partial charge on any atom is 0.122 e. The molecule has 3 heteroatoms. The molecule has 0 saturated heterocycles. The molecule has 1 heterocycles. The molecule has 3 nitrogen and oxygen atoms in total. The third-order valence-electron chi connectivity index (χ3n) is 4.07. The van der Waals surface area contributed by atoms with E-state index in [1.54, 1.807) is 0 Å². The zero-order valence-corrected chi connectivity index (χ0v) is 11.2. The van der Waals surface area contributed by atoms with Crippen molar-refractivity contribution in [3.63, 3.8) is 0 Å². The van der Waals surface area contributed by atoms with Gasteiger partial charge >= 0.3 is 0 Å². The average molecular weight is 235 g/mol. The van der Waals surface area contributed by atoms with Gasteiger partial charge in [0.05, 0.1) is 6.54 Å². The number of hydrogen-bond acceptors (Lipinski definition) is 2. The predicted molar refractivity (Wildman–Crippen MR) is 70.7 cm³/mol. The van der Waals surface area contributed by atoms with Crippen LogP contribution in [0.25, 0.3) is 0 Å². The molecule has 0 unspecified atom stereocenters. The molecule has 1 aromatic heterocycles. The van der Waals surface area contributed by atoms with Gasteiger partial charge in [0, 0.05) is 19.4 Å². The van der Waals surface area contributed by atoms with Crippen LogP contribution in [0.1, 0.15) is 44.9 Å². The van der Waals surface area contributed by atoms with Gasteiger partial charge in [0.1, 0.15) is 5.82 Å². The van der Waals surface area contributed by atoms with Gasteiger partial charge in [-0.3, -0.25) is 0 Å². The molecule has 17 heavy (non-hydrogen) atoms. The first kappa shape index (κ1) is 12.6. The van der Waals surface area contributed by atoms with Gasteiger partial charge < -0.3 is 9.88 Å². The summed E-state index contributed by atoms with van der Waals surface area (Å²) in [5.74, 6) is 3.05. The second-order valence-corrected chi connectivity index (χ2v) is 5.55. The number of aryl methyl sites for hydroxylation is 1. The zero-order chi connectivity index (χ0) is 12.1. The Morgan fingerprint density at radius 2 is 2.12 bits per heavy atom. The second-order valence-electron chi connectivity index (χ2n) is 5.55. The molecule has 1 aliphatic carbocycles. The van der Waals surface area contributed by atoms with E-state index in [1.807, 2.05) is 19.4 Å². The number of imidazole rings is 1. The Morgan fingerprint density at radius 1 is 1.35 bits per heavy atom. The molecule has 0 radical (unpaired) electrons. The van der Waals surface area contributed by atoms with E-state index in [0.717, 1.165) is 30.7 Å². The van der Waals surface area contributed by atoms with Crippen LogP contribution < -0.4 is 5.32 Å². The molecule has 1 aliphatic rings. The number of aromatic nitrogens is 2. The van der Waals surface area contributed by atoms with Gasteiger partial charge in [-0.1, -0.05) is 32.6 Å². The van der Waals surface area contributed by atoms with Crippen LogP contribution >= 0.6 is 0 Å². The van der Waals surface area contributed by atoms with Crippen LogP contribution in [0.3, 0.4) is 0 Å². The van der Waals surface area contributed by atoms with Gasteiger partial charge in [-0.25, -0.2) is 4.98 Å². The highest BCUT2D eigenvalue weighted by atomic mass is 15.1. The van der Waals surface area contributed by atoms with E-state index in [9.17, 15) is 0 Å². The number of hydrogen-bond donors (Lipinski definition) is 1. The monoisotopic (exact) mass is 235 g/mol. The standard InChI is InChI=1S/C14H25N3/c1-12-3-5-13(6-4-12)7-8-15-11-14-16-9-10-17(14)2/h9-10,12-13,15H,3-8,11H2,1-2H3. The summed E-state index contributed by atoms with van der Waals surface area (Å²) in [7, 11) is 2.05. The molecule has 1 saturated carbocycles. The van der Waals surface area contributed by atoms with Gasteiger partial charge in [0.15, 0.2) is 0 Å². The van der Waals surface area contributed by atoms with E-state index >= 15 is 0 Å². The largest absolute Gasteiger partial charge is 0.337 e. The van der Waals surface area contributed by atoms with Crippen molar-refractivity contribution in [3.8, 4) is 0 Å². The third-order valence-corrected chi connectivity index (χ3v) is 4.07. The highest BCUT2D eigenvalue weighted by Gasteiger charge is 2.17. The summed E-state index contributed by atoms with van der Waals surface area (Å²) in [5.41, 5.74) is 0. The second kappa shape index (κ2) is 6.20.